The zero-order chi connectivity index (χ0) is 21.9. The van der Waals surface area contributed by atoms with E-state index in [0.29, 0.717) is 24.0 Å². The SMILES string of the molecule is COC(=O)c1ccc2[nH]c3c(c2c1)CN(S(=O)(=O)c1ccc2c(c1)oc(=O)n2C)CC3. The molecule has 3 heterocycles. The van der Waals surface area contributed by atoms with E-state index in [1.54, 1.807) is 31.3 Å². The van der Waals surface area contributed by atoms with Crippen molar-refractivity contribution in [1.29, 1.82) is 0 Å². The van der Waals surface area contributed by atoms with Gasteiger partial charge in [0.15, 0.2) is 5.58 Å². The number of benzene rings is 2. The molecule has 1 aliphatic rings. The topological polar surface area (TPSA) is 115 Å². The minimum Gasteiger partial charge on any atom is -0.465 e. The number of nitrogens with one attached hydrogen (secondary N) is 1. The molecule has 160 valence electrons. The smallest absolute Gasteiger partial charge is 0.419 e. The highest BCUT2D eigenvalue weighted by Crippen LogP contribution is 2.32. The maximum atomic E-state index is 13.3. The number of aryl methyl sites for hydroxylation is 1. The van der Waals surface area contributed by atoms with Crippen LogP contribution in [0.15, 0.2) is 50.5 Å². The van der Waals surface area contributed by atoms with Crippen LogP contribution in [0.25, 0.3) is 22.0 Å². The van der Waals surface area contributed by atoms with Crippen LogP contribution in [0.5, 0.6) is 0 Å². The number of nitrogens with zero attached hydrogens (tertiary/aromatic N) is 2. The first kappa shape index (κ1) is 19.6. The fourth-order valence-electron chi connectivity index (χ4n) is 4.06. The molecule has 2 aromatic heterocycles. The molecule has 1 aliphatic heterocycles. The highest BCUT2D eigenvalue weighted by atomic mass is 32.2. The van der Waals surface area contributed by atoms with Crippen LogP contribution < -0.4 is 5.76 Å². The molecule has 0 radical (unpaired) electrons. The van der Waals surface area contributed by atoms with Gasteiger partial charge in [0.25, 0.3) is 0 Å². The number of H-pyrrole nitrogens is 1. The Hall–Kier alpha value is -3.37. The Bertz CT molecular complexity index is 1530. The molecule has 0 atom stereocenters. The summed E-state index contributed by atoms with van der Waals surface area (Å²) in [6, 6.07) is 9.62. The van der Waals surface area contributed by atoms with Crippen molar-refractivity contribution >= 4 is 38.0 Å². The normalized spacial score (nSPS) is 14.8. The van der Waals surface area contributed by atoms with Crippen molar-refractivity contribution in [3.63, 3.8) is 0 Å². The van der Waals surface area contributed by atoms with Gasteiger partial charge in [-0.3, -0.25) is 4.57 Å². The quantitative estimate of drug-likeness (QED) is 0.487. The average molecular weight is 441 g/mol. The lowest BCUT2D eigenvalue weighted by molar-refractivity contribution is 0.0601. The first-order chi connectivity index (χ1) is 14.8. The molecule has 2 aromatic carbocycles. The largest absolute Gasteiger partial charge is 0.465 e. The number of sulfonamides is 1. The molecule has 0 aliphatic carbocycles. The van der Waals surface area contributed by atoms with Crippen LogP contribution in [0.2, 0.25) is 0 Å². The van der Waals surface area contributed by atoms with Gasteiger partial charge in [0.1, 0.15) is 0 Å². The van der Waals surface area contributed by atoms with Crippen molar-refractivity contribution in [3.05, 3.63) is 63.8 Å². The number of rotatable bonds is 3. The Morgan fingerprint density at radius 3 is 2.77 bits per heavy atom. The molecule has 0 saturated heterocycles. The minimum absolute atomic E-state index is 0.0629. The first-order valence-electron chi connectivity index (χ1n) is 9.61. The number of esters is 1. The molecule has 9 nitrogen and oxygen atoms in total. The van der Waals surface area contributed by atoms with E-state index in [1.807, 2.05) is 0 Å². The maximum Gasteiger partial charge on any atom is 0.419 e. The van der Waals surface area contributed by atoms with Gasteiger partial charge in [-0.2, -0.15) is 4.31 Å². The van der Waals surface area contributed by atoms with Gasteiger partial charge in [-0.15, -0.1) is 0 Å². The highest BCUT2D eigenvalue weighted by Gasteiger charge is 2.31. The second kappa shape index (κ2) is 6.82. The predicted octanol–water partition coefficient (Wildman–Crippen LogP) is 2.15. The van der Waals surface area contributed by atoms with E-state index in [4.69, 9.17) is 9.15 Å². The van der Waals surface area contributed by atoms with Crippen molar-refractivity contribution in [1.82, 2.24) is 13.9 Å². The Labute approximate surface area is 176 Å². The number of oxazole rings is 1. The first-order valence-corrected chi connectivity index (χ1v) is 11.0. The number of carbonyl (C=O) groups is 1. The molecule has 0 saturated carbocycles. The molecule has 1 N–H and O–H groups in total. The summed E-state index contributed by atoms with van der Waals surface area (Å²) in [4.78, 5) is 27.0. The lowest BCUT2D eigenvalue weighted by Crippen LogP contribution is -2.35. The fraction of sp³-hybridized carbons (Fsp3) is 0.238. The van der Waals surface area contributed by atoms with Crippen molar-refractivity contribution in [3.8, 4) is 0 Å². The number of carbonyl (C=O) groups excluding carboxylic acids is 1. The Morgan fingerprint density at radius 1 is 1.19 bits per heavy atom. The molecule has 0 amide bonds. The number of hydrogen-bond donors (Lipinski definition) is 1. The van der Waals surface area contributed by atoms with Crippen LogP contribution in [-0.4, -0.2) is 41.9 Å². The van der Waals surface area contributed by atoms with Gasteiger partial charge >= 0.3 is 11.7 Å². The minimum atomic E-state index is -3.82. The molecule has 31 heavy (non-hydrogen) atoms. The number of ether oxygens (including phenoxy) is 1. The second-order valence-electron chi connectivity index (χ2n) is 7.48. The number of aromatic amines is 1. The van der Waals surface area contributed by atoms with Gasteiger partial charge in [-0.25, -0.2) is 18.0 Å². The zero-order valence-electron chi connectivity index (χ0n) is 16.8. The number of methoxy groups -OCH3 is 1. The van der Waals surface area contributed by atoms with E-state index in [0.717, 1.165) is 22.2 Å². The number of aromatic nitrogens is 2. The summed E-state index contributed by atoms with van der Waals surface area (Å²) in [7, 11) is -0.939. The summed E-state index contributed by atoms with van der Waals surface area (Å²) in [5.74, 6) is -0.998. The van der Waals surface area contributed by atoms with Crippen LogP contribution >= 0.6 is 0 Å². The summed E-state index contributed by atoms with van der Waals surface area (Å²) in [5, 5.41) is 0.794. The standard InChI is InChI=1S/C21H19N3O6S/c1-23-18-6-4-13(10-19(18)30-21(23)26)31(27,28)24-8-7-17-15(11-24)14-9-12(20(25)29-2)3-5-16(14)22-17/h3-6,9-10,22H,7-8,11H2,1-2H3. The molecule has 0 unspecified atom stereocenters. The third kappa shape index (κ3) is 2.98. The van der Waals surface area contributed by atoms with Crippen LogP contribution in [0.3, 0.4) is 0 Å². The Morgan fingerprint density at radius 2 is 2.00 bits per heavy atom. The Kier molecular flexibility index (Phi) is 4.31. The van der Waals surface area contributed by atoms with Crippen LogP contribution in [0.1, 0.15) is 21.6 Å². The number of fused-ring (bicyclic) bond motifs is 4. The van der Waals surface area contributed by atoms with E-state index in [1.165, 1.54) is 28.1 Å². The summed E-state index contributed by atoms with van der Waals surface area (Å²) >= 11 is 0. The molecule has 10 heteroatoms. The van der Waals surface area contributed by atoms with Crippen LogP contribution in [-0.2, 0) is 34.8 Å². The molecule has 5 rings (SSSR count). The molecule has 0 fully saturated rings. The van der Waals surface area contributed by atoms with Gasteiger partial charge in [-0.1, -0.05) is 0 Å². The van der Waals surface area contributed by atoms with E-state index in [2.05, 4.69) is 4.98 Å². The molecule has 4 aromatic rings. The molecule has 0 spiro atoms. The summed E-state index contributed by atoms with van der Waals surface area (Å²) in [5.41, 5.74) is 3.78. The number of hydrogen-bond acceptors (Lipinski definition) is 6. The highest BCUT2D eigenvalue weighted by molar-refractivity contribution is 7.89. The van der Waals surface area contributed by atoms with Gasteiger partial charge in [-0.05, 0) is 35.9 Å². The van der Waals surface area contributed by atoms with Crippen molar-refractivity contribution in [2.45, 2.75) is 17.9 Å². The lowest BCUT2D eigenvalue weighted by Gasteiger charge is -2.26. The average Bonchev–Trinajstić information content (AvgIpc) is 3.28. The van der Waals surface area contributed by atoms with E-state index < -0.39 is 21.7 Å². The lowest BCUT2D eigenvalue weighted by atomic mass is 10.0. The third-order valence-electron chi connectivity index (χ3n) is 5.76. The van der Waals surface area contributed by atoms with E-state index in [-0.39, 0.29) is 17.0 Å². The van der Waals surface area contributed by atoms with Crippen LogP contribution in [0.4, 0.5) is 0 Å². The van der Waals surface area contributed by atoms with Gasteiger partial charge in [0.2, 0.25) is 10.0 Å². The fourth-order valence-corrected chi connectivity index (χ4v) is 5.49. The third-order valence-corrected chi connectivity index (χ3v) is 7.60. The molecular formula is C21H19N3O6S. The summed E-state index contributed by atoms with van der Waals surface area (Å²) in [6.07, 6.45) is 0.513. The molecular weight excluding hydrogens is 422 g/mol. The van der Waals surface area contributed by atoms with E-state index >= 15 is 0 Å². The second-order valence-corrected chi connectivity index (χ2v) is 9.42. The Balaban J connectivity index is 1.54. The summed E-state index contributed by atoms with van der Waals surface area (Å²) in [6.45, 7) is 0.474. The van der Waals surface area contributed by atoms with Crippen molar-refractivity contribution in [2.24, 2.45) is 7.05 Å². The van der Waals surface area contributed by atoms with Gasteiger partial charge in [0, 0.05) is 49.2 Å². The van der Waals surface area contributed by atoms with Crippen LogP contribution in [0, 0.1) is 0 Å². The monoisotopic (exact) mass is 441 g/mol. The van der Waals surface area contributed by atoms with Gasteiger partial charge < -0.3 is 14.1 Å². The van der Waals surface area contributed by atoms with Gasteiger partial charge in [0.05, 0.1) is 23.1 Å². The predicted molar refractivity (Wildman–Crippen MR) is 112 cm³/mol. The van der Waals surface area contributed by atoms with E-state index in [9.17, 15) is 18.0 Å². The zero-order valence-corrected chi connectivity index (χ0v) is 17.7. The summed E-state index contributed by atoms with van der Waals surface area (Å²) < 4.78 is 39.3. The maximum absolute atomic E-state index is 13.3. The van der Waals surface area contributed by atoms with Crippen molar-refractivity contribution in [2.75, 3.05) is 13.7 Å². The molecule has 0 bridgehead atoms. The van der Waals surface area contributed by atoms with Crippen molar-refractivity contribution < 1.29 is 22.4 Å².